The average molecular weight is 585 g/mol. The molecule has 0 aromatic carbocycles. The zero-order valence-electron chi connectivity index (χ0n) is 25.5. The van der Waals surface area contributed by atoms with Crippen LogP contribution in [0.4, 0.5) is 0 Å². The normalized spacial score (nSPS) is 12.6. The van der Waals surface area contributed by atoms with Crippen molar-refractivity contribution in [3.05, 3.63) is 13.8 Å². The predicted octanol–water partition coefficient (Wildman–Crippen LogP) is 1.86. The van der Waals surface area contributed by atoms with E-state index in [4.69, 9.17) is 31.7 Å². The van der Waals surface area contributed by atoms with Crippen LogP contribution in [-0.2, 0) is 24.6 Å². The molecule has 2 unspecified atom stereocenters. The number of ether oxygens (including phenoxy) is 3. The summed E-state index contributed by atoms with van der Waals surface area (Å²) >= 11 is 0. The zero-order chi connectivity index (χ0) is 27.3. The SMILES string of the molecule is O=S(=O)(O)O.[CH2-]COC(CCCCCCCCCC)COCC(CCCCCCCCCC)OC[CH2-].[Na+].[Na+]. The molecule has 38 heavy (non-hydrogen) atoms. The van der Waals surface area contributed by atoms with Crippen molar-refractivity contribution in [1.82, 2.24) is 0 Å². The maximum atomic E-state index is 8.74. The second-order valence-electron chi connectivity index (χ2n) is 9.50. The molecule has 2 atom stereocenters. The molecule has 0 radical (unpaired) electrons. The van der Waals surface area contributed by atoms with E-state index in [1.165, 1.54) is 103 Å². The van der Waals surface area contributed by atoms with Crippen molar-refractivity contribution < 1.29 is 90.8 Å². The first kappa shape index (κ1) is 46.7. The van der Waals surface area contributed by atoms with Gasteiger partial charge in [-0.25, -0.2) is 0 Å². The van der Waals surface area contributed by atoms with Gasteiger partial charge in [-0.1, -0.05) is 130 Å². The Labute approximate surface area is 280 Å². The van der Waals surface area contributed by atoms with Crippen LogP contribution in [0.1, 0.15) is 129 Å². The van der Waals surface area contributed by atoms with E-state index in [1.807, 2.05) is 0 Å². The summed E-state index contributed by atoms with van der Waals surface area (Å²) in [5, 5.41) is 0. The van der Waals surface area contributed by atoms with Crippen molar-refractivity contribution in [3.63, 3.8) is 0 Å². The smallest absolute Gasteiger partial charge is 0.408 e. The van der Waals surface area contributed by atoms with Gasteiger partial charge in [-0.05, 0) is 12.8 Å². The van der Waals surface area contributed by atoms with Gasteiger partial charge in [-0.2, -0.15) is 8.42 Å². The molecule has 0 aliphatic heterocycles. The van der Waals surface area contributed by atoms with Gasteiger partial charge in [-0.15, -0.1) is 0 Å². The summed E-state index contributed by atoms with van der Waals surface area (Å²) < 4.78 is 49.2. The number of rotatable bonds is 26. The summed E-state index contributed by atoms with van der Waals surface area (Å²) in [6.07, 6.45) is 24.0. The van der Waals surface area contributed by atoms with Crippen LogP contribution in [0.2, 0.25) is 0 Å². The average Bonchev–Trinajstić information content (AvgIpc) is 2.81. The number of hydrogen-bond donors (Lipinski definition) is 2. The van der Waals surface area contributed by atoms with Crippen LogP contribution in [0.25, 0.3) is 0 Å². The van der Waals surface area contributed by atoms with Crippen molar-refractivity contribution in [3.8, 4) is 0 Å². The van der Waals surface area contributed by atoms with Crippen molar-refractivity contribution >= 4 is 10.4 Å². The maximum absolute atomic E-state index is 8.74. The molecule has 0 fully saturated rings. The van der Waals surface area contributed by atoms with Gasteiger partial charge in [0.2, 0.25) is 0 Å². The van der Waals surface area contributed by atoms with Crippen molar-refractivity contribution in [2.24, 2.45) is 0 Å². The third-order valence-electron chi connectivity index (χ3n) is 6.07. The Morgan fingerprint density at radius 3 is 1.11 bits per heavy atom. The van der Waals surface area contributed by atoms with E-state index < -0.39 is 10.4 Å². The largest absolute Gasteiger partial charge is 1.00 e. The van der Waals surface area contributed by atoms with Crippen LogP contribution in [0.5, 0.6) is 0 Å². The van der Waals surface area contributed by atoms with Gasteiger partial charge in [0.25, 0.3) is 0 Å². The molecule has 220 valence electrons. The molecule has 0 bridgehead atoms. The van der Waals surface area contributed by atoms with E-state index in [2.05, 4.69) is 27.7 Å². The fourth-order valence-electron chi connectivity index (χ4n) is 4.11. The fourth-order valence-corrected chi connectivity index (χ4v) is 4.11. The Kier molecular flexibility index (Phi) is 45.2. The molecule has 0 spiro atoms. The van der Waals surface area contributed by atoms with Crippen LogP contribution in [-0.4, -0.2) is 56.2 Å². The minimum atomic E-state index is -4.67. The standard InChI is InChI=1S/C28H56O3.2Na.H2O4S/c1-5-9-11-13-15-17-19-21-23-27(30-7-3)25-29-26-28(31-8-4)24-22-20-18-16-14-12-10-6-2;;;1-5(2,3)4/h27-28H,3-26H2,1-2H3;;;(H2,1,2,3,4)/q-2;2*+1;. The topological polar surface area (TPSA) is 102 Å². The van der Waals surface area contributed by atoms with Crippen LogP contribution in [0.15, 0.2) is 0 Å². The molecular formula is C28H58Na2O7S. The number of unbranched alkanes of at least 4 members (excludes halogenated alkanes) is 14. The van der Waals surface area contributed by atoms with Gasteiger partial charge in [0, 0.05) is 0 Å². The minimum absolute atomic E-state index is 0. The third-order valence-corrected chi connectivity index (χ3v) is 6.07. The quantitative estimate of drug-likeness (QED) is 0.0693. The molecule has 0 aliphatic rings. The minimum Gasteiger partial charge on any atom is -0.408 e. The van der Waals surface area contributed by atoms with Crippen LogP contribution >= 0.6 is 0 Å². The summed E-state index contributed by atoms with van der Waals surface area (Å²) in [5.41, 5.74) is 0. The Morgan fingerprint density at radius 2 is 0.842 bits per heavy atom. The van der Waals surface area contributed by atoms with Gasteiger partial charge >= 0.3 is 69.5 Å². The Bertz CT molecular complexity index is 487. The second-order valence-corrected chi connectivity index (χ2v) is 10.4. The molecule has 10 heteroatoms. The summed E-state index contributed by atoms with van der Waals surface area (Å²) in [7, 11) is -4.67. The van der Waals surface area contributed by atoms with Crippen molar-refractivity contribution in [2.75, 3.05) is 26.4 Å². The van der Waals surface area contributed by atoms with Crippen LogP contribution < -0.4 is 59.1 Å². The second kappa shape index (κ2) is 36.8. The fraction of sp³-hybridized carbons (Fsp3) is 0.929. The molecule has 0 aromatic heterocycles. The summed E-state index contributed by atoms with van der Waals surface area (Å²) in [6.45, 7) is 14.6. The summed E-state index contributed by atoms with van der Waals surface area (Å²) in [5.74, 6) is 0. The number of hydrogen-bond acceptors (Lipinski definition) is 5. The van der Waals surface area contributed by atoms with Gasteiger partial charge in [-0.3, -0.25) is 9.11 Å². The molecule has 0 saturated heterocycles. The Balaban J connectivity index is -0.000000749. The van der Waals surface area contributed by atoms with Crippen LogP contribution in [0.3, 0.4) is 0 Å². The molecule has 0 saturated carbocycles. The molecule has 7 nitrogen and oxygen atoms in total. The monoisotopic (exact) mass is 584 g/mol. The molecule has 0 heterocycles. The van der Waals surface area contributed by atoms with Gasteiger partial charge < -0.3 is 28.1 Å². The van der Waals surface area contributed by atoms with E-state index in [-0.39, 0.29) is 71.3 Å². The third kappa shape index (κ3) is 44.8. The van der Waals surface area contributed by atoms with E-state index in [0.717, 1.165) is 12.8 Å². The Morgan fingerprint density at radius 1 is 0.579 bits per heavy atom. The molecule has 0 amide bonds. The molecule has 0 aliphatic carbocycles. The zero-order valence-corrected chi connectivity index (χ0v) is 30.3. The maximum Gasteiger partial charge on any atom is 1.00 e. The van der Waals surface area contributed by atoms with E-state index in [9.17, 15) is 0 Å². The van der Waals surface area contributed by atoms with E-state index >= 15 is 0 Å². The molecular weight excluding hydrogens is 526 g/mol. The summed E-state index contributed by atoms with van der Waals surface area (Å²) in [4.78, 5) is 0. The Hall–Kier alpha value is 1.75. The van der Waals surface area contributed by atoms with E-state index in [1.54, 1.807) is 0 Å². The van der Waals surface area contributed by atoms with Crippen LogP contribution in [0, 0.1) is 13.8 Å². The van der Waals surface area contributed by atoms with Gasteiger partial charge in [0.05, 0.1) is 25.4 Å². The summed E-state index contributed by atoms with van der Waals surface area (Å²) in [6, 6.07) is 0. The van der Waals surface area contributed by atoms with E-state index in [0.29, 0.717) is 26.4 Å². The first-order valence-corrected chi connectivity index (χ1v) is 15.8. The van der Waals surface area contributed by atoms with Crippen molar-refractivity contribution in [2.45, 2.75) is 142 Å². The first-order chi connectivity index (χ1) is 17.3. The van der Waals surface area contributed by atoms with Crippen molar-refractivity contribution in [1.29, 1.82) is 0 Å². The molecule has 2 N–H and O–H groups in total. The first-order valence-electron chi connectivity index (χ1n) is 14.4. The predicted molar refractivity (Wildman–Crippen MR) is 150 cm³/mol. The molecule has 0 rings (SSSR count). The molecule has 0 aromatic rings. The van der Waals surface area contributed by atoms with Gasteiger partial charge in [0.15, 0.2) is 0 Å². The van der Waals surface area contributed by atoms with Gasteiger partial charge in [0.1, 0.15) is 0 Å².